The van der Waals surface area contributed by atoms with E-state index in [0.29, 0.717) is 17.8 Å². The molecular weight excluding hydrogens is 295 g/mol. The molecule has 1 aromatic heterocycles. The lowest BCUT2D eigenvalue weighted by molar-refractivity contribution is 0.112. The van der Waals surface area contributed by atoms with Crippen molar-refractivity contribution in [1.82, 2.24) is 9.78 Å². The topological polar surface area (TPSA) is 44.1 Å². The molecule has 1 heterocycles. The second-order valence-corrected chi connectivity index (χ2v) is 5.10. The van der Waals surface area contributed by atoms with Crippen molar-refractivity contribution in [3.05, 3.63) is 71.7 Å². The van der Waals surface area contributed by atoms with Crippen LogP contribution in [0.4, 0.5) is 4.39 Å². The fraction of sp³-hybridized carbons (Fsp3) is 0.111. The number of carbonyl (C=O) groups excluding carboxylic acids is 1. The molecule has 3 rings (SSSR count). The summed E-state index contributed by atoms with van der Waals surface area (Å²) in [6.07, 6.45) is 2.48. The lowest BCUT2D eigenvalue weighted by Crippen LogP contribution is -2.00. The zero-order chi connectivity index (χ0) is 16.2. The Morgan fingerprint density at radius 2 is 1.83 bits per heavy atom. The van der Waals surface area contributed by atoms with E-state index in [-0.39, 0.29) is 5.82 Å². The van der Waals surface area contributed by atoms with E-state index in [1.54, 1.807) is 30.1 Å². The van der Waals surface area contributed by atoms with Gasteiger partial charge in [-0.25, -0.2) is 4.39 Å². The van der Waals surface area contributed by atoms with Crippen LogP contribution in [-0.4, -0.2) is 23.2 Å². The van der Waals surface area contributed by atoms with E-state index in [2.05, 4.69) is 5.10 Å². The summed E-state index contributed by atoms with van der Waals surface area (Å²) in [5.74, 6) is 0.467. The van der Waals surface area contributed by atoms with Crippen LogP contribution in [0.5, 0.6) is 5.75 Å². The van der Waals surface area contributed by atoms with Crippen LogP contribution in [0.25, 0.3) is 11.3 Å². The molecule has 5 heteroatoms. The Bertz CT molecular complexity index is 808. The fourth-order valence-electron chi connectivity index (χ4n) is 2.35. The van der Waals surface area contributed by atoms with Crippen molar-refractivity contribution in [1.29, 1.82) is 0 Å². The predicted molar refractivity (Wildman–Crippen MR) is 85.1 cm³/mol. The van der Waals surface area contributed by atoms with Crippen LogP contribution in [0.1, 0.15) is 15.9 Å². The quantitative estimate of drug-likeness (QED) is 0.677. The van der Waals surface area contributed by atoms with Crippen LogP contribution >= 0.6 is 0 Å². The number of aldehydes is 1. The van der Waals surface area contributed by atoms with Gasteiger partial charge in [0.25, 0.3) is 0 Å². The molecule has 0 saturated carbocycles. The van der Waals surface area contributed by atoms with E-state index in [0.717, 1.165) is 23.2 Å². The summed E-state index contributed by atoms with van der Waals surface area (Å²) in [6, 6.07) is 13.6. The standard InChI is InChI=1S/C18H15FN2O2/c1-23-17-8-4-14(5-9-17)18-15(12-22)11-21(20-18)10-13-2-6-16(19)7-3-13/h2-9,11-12H,10H2,1H3. The third-order valence-corrected chi connectivity index (χ3v) is 3.54. The molecule has 0 aliphatic carbocycles. The van der Waals surface area contributed by atoms with Crippen molar-refractivity contribution < 1.29 is 13.9 Å². The van der Waals surface area contributed by atoms with Crippen LogP contribution in [0.3, 0.4) is 0 Å². The second-order valence-electron chi connectivity index (χ2n) is 5.10. The van der Waals surface area contributed by atoms with E-state index in [9.17, 15) is 9.18 Å². The number of hydrogen-bond acceptors (Lipinski definition) is 3. The first kappa shape index (κ1) is 15.0. The SMILES string of the molecule is COc1ccc(-c2nn(Cc3ccc(F)cc3)cc2C=O)cc1. The van der Waals surface area contributed by atoms with Gasteiger partial charge in [0.05, 0.1) is 19.2 Å². The van der Waals surface area contributed by atoms with Gasteiger partial charge in [-0.3, -0.25) is 9.48 Å². The molecule has 0 aliphatic rings. The number of carbonyl (C=O) groups is 1. The Labute approximate surface area is 133 Å². The van der Waals surface area contributed by atoms with Crippen molar-refractivity contribution in [2.75, 3.05) is 7.11 Å². The first-order valence-corrected chi connectivity index (χ1v) is 7.11. The van der Waals surface area contributed by atoms with Crippen LogP contribution in [0.2, 0.25) is 0 Å². The number of benzene rings is 2. The Morgan fingerprint density at radius 1 is 1.13 bits per heavy atom. The van der Waals surface area contributed by atoms with Crippen molar-refractivity contribution in [3.63, 3.8) is 0 Å². The molecule has 116 valence electrons. The normalized spacial score (nSPS) is 10.5. The van der Waals surface area contributed by atoms with Crippen LogP contribution in [-0.2, 0) is 6.54 Å². The van der Waals surface area contributed by atoms with E-state index in [1.807, 2.05) is 24.3 Å². The van der Waals surface area contributed by atoms with Gasteiger partial charge in [-0.05, 0) is 42.0 Å². The van der Waals surface area contributed by atoms with Gasteiger partial charge in [-0.15, -0.1) is 0 Å². The number of rotatable bonds is 5. The van der Waals surface area contributed by atoms with Gasteiger partial charge < -0.3 is 4.74 Å². The zero-order valence-electron chi connectivity index (χ0n) is 12.6. The molecule has 23 heavy (non-hydrogen) atoms. The summed E-state index contributed by atoms with van der Waals surface area (Å²) < 4.78 is 19.8. The van der Waals surface area contributed by atoms with Crippen molar-refractivity contribution in [2.24, 2.45) is 0 Å². The minimum Gasteiger partial charge on any atom is -0.497 e. The van der Waals surface area contributed by atoms with Crippen molar-refractivity contribution in [2.45, 2.75) is 6.54 Å². The van der Waals surface area contributed by atoms with Crippen molar-refractivity contribution >= 4 is 6.29 Å². The number of methoxy groups -OCH3 is 1. The highest BCUT2D eigenvalue weighted by molar-refractivity contribution is 5.85. The summed E-state index contributed by atoms with van der Waals surface area (Å²) >= 11 is 0. The zero-order valence-corrected chi connectivity index (χ0v) is 12.6. The molecule has 0 aliphatic heterocycles. The molecule has 0 atom stereocenters. The number of hydrogen-bond donors (Lipinski definition) is 0. The summed E-state index contributed by atoms with van der Waals surface area (Å²) in [7, 11) is 1.60. The maximum Gasteiger partial charge on any atom is 0.153 e. The molecule has 0 spiro atoms. The van der Waals surface area contributed by atoms with E-state index in [4.69, 9.17) is 4.74 Å². The van der Waals surface area contributed by atoms with Gasteiger partial charge in [-0.1, -0.05) is 12.1 Å². The third-order valence-electron chi connectivity index (χ3n) is 3.54. The van der Waals surface area contributed by atoms with Gasteiger partial charge in [0.2, 0.25) is 0 Å². The van der Waals surface area contributed by atoms with E-state index in [1.165, 1.54) is 12.1 Å². The summed E-state index contributed by atoms with van der Waals surface area (Å²) in [5.41, 5.74) is 2.88. The lowest BCUT2D eigenvalue weighted by Gasteiger charge is -2.03. The number of halogens is 1. The van der Waals surface area contributed by atoms with Crippen molar-refractivity contribution in [3.8, 4) is 17.0 Å². The van der Waals surface area contributed by atoms with Gasteiger partial charge >= 0.3 is 0 Å². The number of nitrogens with zero attached hydrogens (tertiary/aromatic N) is 2. The molecule has 0 amide bonds. The second kappa shape index (κ2) is 6.44. The molecule has 0 saturated heterocycles. The molecule has 0 radical (unpaired) electrons. The fourth-order valence-corrected chi connectivity index (χ4v) is 2.35. The lowest BCUT2D eigenvalue weighted by atomic mass is 10.1. The maximum atomic E-state index is 13.0. The Hall–Kier alpha value is -2.95. The molecular formula is C18H15FN2O2. The first-order valence-electron chi connectivity index (χ1n) is 7.11. The maximum absolute atomic E-state index is 13.0. The largest absolute Gasteiger partial charge is 0.497 e. The minimum atomic E-state index is -0.276. The minimum absolute atomic E-state index is 0.276. The number of aromatic nitrogens is 2. The monoisotopic (exact) mass is 310 g/mol. The number of ether oxygens (including phenoxy) is 1. The van der Waals surface area contributed by atoms with Crippen LogP contribution < -0.4 is 4.74 Å². The Morgan fingerprint density at radius 3 is 2.43 bits per heavy atom. The van der Waals surface area contributed by atoms with Crippen LogP contribution in [0.15, 0.2) is 54.7 Å². The molecule has 3 aromatic rings. The molecule has 4 nitrogen and oxygen atoms in total. The van der Waals surface area contributed by atoms with E-state index < -0.39 is 0 Å². The highest BCUT2D eigenvalue weighted by Gasteiger charge is 2.11. The molecule has 0 bridgehead atoms. The Kier molecular flexibility index (Phi) is 4.19. The molecule has 2 aromatic carbocycles. The summed E-state index contributed by atoms with van der Waals surface area (Å²) in [5, 5.41) is 4.48. The van der Waals surface area contributed by atoms with Gasteiger partial charge in [0.1, 0.15) is 17.3 Å². The van der Waals surface area contributed by atoms with Gasteiger partial charge in [0, 0.05) is 11.8 Å². The highest BCUT2D eigenvalue weighted by atomic mass is 19.1. The predicted octanol–water partition coefficient (Wildman–Crippen LogP) is 3.56. The highest BCUT2D eigenvalue weighted by Crippen LogP contribution is 2.24. The van der Waals surface area contributed by atoms with Gasteiger partial charge in [-0.2, -0.15) is 5.10 Å². The molecule has 0 fully saturated rings. The summed E-state index contributed by atoms with van der Waals surface area (Å²) in [6.45, 7) is 0.470. The summed E-state index contributed by atoms with van der Waals surface area (Å²) in [4.78, 5) is 11.3. The first-order chi connectivity index (χ1) is 11.2. The molecule has 0 N–H and O–H groups in total. The Balaban J connectivity index is 1.90. The average Bonchev–Trinajstić information content (AvgIpc) is 3.00. The molecule has 0 unspecified atom stereocenters. The van der Waals surface area contributed by atoms with E-state index >= 15 is 0 Å². The average molecular weight is 310 g/mol. The third kappa shape index (κ3) is 3.29. The smallest absolute Gasteiger partial charge is 0.153 e. The van der Waals surface area contributed by atoms with Crippen LogP contribution in [0, 0.1) is 5.82 Å². The van der Waals surface area contributed by atoms with Gasteiger partial charge in [0.15, 0.2) is 6.29 Å².